The Morgan fingerprint density at radius 3 is 2.43 bits per heavy atom. The van der Waals surface area contributed by atoms with Crippen LogP contribution in [0.4, 0.5) is 23.9 Å². The van der Waals surface area contributed by atoms with Crippen LogP contribution in [-0.4, -0.2) is 78.0 Å². The lowest BCUT2D eigenvalue weighted by Crippen LogP contribution is -2.35. The molecular weight excluding hydrogens is 557 g/mol. The third kappa shape index (κ3) is 9.49. The van der Waals surface area contributed by atoms with Gasteiger partial charge in [-0.1, -0.05) is 24.3 Å². The number of carbonyl (C=O) groups excluding carboxylic acids is 2. The molecule has 4 aliphatic heterocycles. The minimum absolute atomic E-state index is 0.0471. The van der Waals surface area contributed by atoms with Crippen LogP contribution in [0.2, 0.25) is 0 Å². The van der Waals surface area contributed by atoms with Crippen molar-refractivity contribution in [1.82, 2.24) is 25.2 Å². The van der Waals surface area contributed by atoms with Gasteiger partial charge < -0.3 is 29.7 Å². The molecule has 1 aromatic heterocycles. The molecule has 2 amide bonds. The summed E-state index contributed by atoms with van der Waals surface area (Å²) < 4.78 is 53.8. The number of benzene rings is 2. The zero-order valence-electron chi connectivity index (χ0n) is 22.9. The van der Waals surface area contributed by atoms with Crippen molar-refractivity contribution in [3.63, 3.8) is 0 Å². The van der Waals surface area contributed by atoms with Crippen molar-refractivity contribution in [3.05, 3.63) is 71.0 Å². The summed E-state index contributed by atoms with van der Waals surface area (Å²) in [5, 5.41) is 5.85. The predicted octanol–water partition coefficient (Wildman–Crippen LogP) is 3.99. The van der Waals surface area contributed by atoms with Gasteiger partial charge in [-0.2, -0.15) is 28.1 Å². The lowest BCUT2D eigenvalue weighted by Gasteiger charge is -2.21. The topological polar surface area (TPSA) is 128 Å². The molecule has 0 radical (unpaired) electrons. The molecule has 0 aliphatic carbocycles. The van der Waals surface area contributed by atoms with Crippen molar-refractivity contribution < 1.29 is 37.0 Å². The number of amides is 2. The summed E-state index contributed by atoms with van der Waals surface area (Å²) in [5.74, 6) is 0.582. The van der Waals surface area contributed by atoms with Crippen molar-refractivity contribution in [2.45, 2.75) is 32.0 Å². The van der Waals surface area contributed by atoms with Gasteiger partial charge in [0, 0.05) is 31.6 Å². The number of halogens is 3. The Bertz CT molecular complexity index is 1340. The minimum Gasteiger partial charge on any atom is -0.492 e. The van der Waals surface area contributed by atoms with Gasteiger partial charge in [0.2, 0.25) is 5.95 Å². The molecule has 3 aromatic rings. The second kappa shape index (κ2) is 14.3. The number of methoxy groups -OCH3 is 1. The van der Waals surface area contributed by atoms with Crippen LogP contribution < -0.4 is 20.1 Å². The third-order valence-corrected chi connectivity index (χ3v) is 6.18. The molecule has 11 nitrogen and oxygen atoms in total. The van der Waals surface area contributed by atoms with Crippen LogP contribution in [0.15, 0.2) is 48.5 Å². The van der Waals surface area contributed by atoms with E-state index >= 15 is 0 Å². The lowest BCUT2D eigenvalue weighted by molar-refractivity contribution is -0.154. The van der Waals surface area contributed by atoms with Gasteiger partial charge in [-0.25, -0.2) is 4.79 Å². The summed E-state index contributed by atoms with van der Waals surface area (Å²) in [6.07, 6.45) is -3.55. The van der Waals surface area contributed by atoms with Crippen LogP contribution in [-0.2, 0) is 17.7 Å². The van der Waals surface area contributed by atoms with Crippen LogP contribution in [0.5, 0.6) is 11.8 Å². The second-order valence-corrected chi connectivity index (χ2v) is 9.40. The monoisotopic (exact) mass is 588 g/mol. The van der Waals surface area contributed by atoms with Crippen molar-refractivity contribution >= 4 is 17.9 Å². The fourth-order valence-corrected chi connectivity index (χ4v) is 4.04. The zero-order valence-corrected chi connectivity index (χ0v) is 22.9. The Morgan fingerprint density at radius 1 is 0.976 bits per heavy atom. The molecule has 2 aromatic carbocycles. The minimum atomic E-state index is -4.56. The highest BCUT2D eigenvalue weighted by Gasteiger charge is 2.29. The number of anilines is 1. The van der Waals surface area contributed by atoms with Gasteiger partial charge in [-0.05, 0) is 48.2 Å². The van der Waals surface area contributed by atoms with Crippen LogP contribution in [0.3, 0.4) is 0 Å². The van der Waals surface area contributed by atoms with Gasteiger partial charge in [0.15, 0.2) is 6.61 Å². The molecule has 6 bridgehead atoms. The number of hydrogen-bond donors (Lipinski definition) is 2. The third-order valence-electron chi connectivity index (χ3n) is 6.18. The number of carbonyl (C=O) groups is 2. The number of nitrogens with one attached hydrogen (secondary N) is 2. The first kappa shape index (κ1) is 30.3. The Kier molecular flexibility index (Phi) is 10.3. The van der Waals surface area contributed by atoms with Gasteiger partial charge in [-0.15, -0.1) is 0 Å². The van der Waals surface area contributed by atoms with E-state index in [4.69, 9.17) is 14.2 Å². The summed E-state index contributed by atoms with van der Waals surface area (Å²) >= 11 is 0. The first-order valence-corrected chi connectivity index (χ1v) is 13.3. The largest absolute Gasteiger partial charge is 0.492 e. The Labute approximate surface area is 240 Å². The fraction of sp³-hybridized carbons (Fsp3) is 0.393. The highest BCUT2D eigenvalue weighted by Crippen LogP contribution is 2.19. The van der Waals surface area contributed by atoms with E-state index in [1.807, 2.05) is 12.1 Å². The summed E-state index contributed by atoms with van der Waals surface area (Å²) in [7, 11) is 1.32. The lowest BCUT2D eigenvalue weighted by atomic mass is 10.1. The second-order valence-electron chi connectivity index (χ2n) is 9.40. The molecule has 0 saturated heterocycles. The first-order valence-electron chi connectivity index (χ1n) is 13.3. The van der Waals surface area contributed by atoms with Crippen LogP contribution in [0.1, 0.15) is 40.2 Å². The highest BCUT2D eigenvalue weighted by atomic mass is 19.4. The molecule has 0 unspecified atom stereocenters. The number of hydrogen-bond acceptors (Lipinski definition) is 9. The molecule has 224 valence electrons. The SMILES string of the molecule is COC(=O)N1CCCCNC(=O)c2ccc(cc2)Cc2nc(nc(OCC(F)(F)F)n2)NCc2ccc(cc2)OCC1. The van der Waals surface area contributed by atoms with Crippen molar-refractivity contribution in [3.8, 4) is 11.8 Å². The van der Waals surface area contributed by atoms with E-state index < -0.39 is 24.9 Å². The average molecular weight is 589 g/mol. The number of alkyl halides is 3. The molecule has 0 atom stereocenters. The van der Waals surface area contributed by atoms with E-state index in [-0.39, 0.29) is 37.3 Å². The van der Waals surface area contributed by atoms with Crippen molar-refractivity contribution in [1.29, 1.82) is 0 Å². The van der Waals surface area contributed by atoms with Crippen LogP contribution in [0.25, 0.3) is 0 Å². The normalized spacial score (nSPS) is 15.1. The number of aromatic nitrogens is 3. The number of ether oxygens (including phenoxy) is 3. The van der Waals surface area contributed by atoms with Gasteiger partial charge >= 0.3 is 18.3 Å². The molecule has 42 heavy (non-hydrogen) atoms. The number of nitrogens with zero attached hydrogens (tertiary/aromatic N) is 4. The quantitative estimate of drug-likeness (QED) is 0.457. The van der Waals surface area contributed by atoms with Gasteiger partial charge in [-0.3, -0.25) is 4.79 Å². The number of rotatable bonds is 2. The Hall–Kier alpha value is -4.62. The van der Waals surface area contributed by atoms with E-state index in [0.29, 0.717) is 43.8 Å². The van der Waals surface area contributed by atoms with Gasteiger partial charge in [0.25, 0.3) is 5.91 Å². The smallest absolute Gasteiger partial charge is 0.422 e. The van der Waals surface area contributed by atoms with Crippen molar-refractivity contribution in [2.75, 3.05) is 45.3 Å². The van der Waals surface area contributed by atoms with Crippen molar-refractivity contribution in [2.24, 2.45) is 0 Å². The standard InChI is InChI=1S/C28H31F3N6O5/c1-40-27(39)37-13-3-2-12-32-24(38)21-8-4-19(5-9-21)16-23-34-25(36-26(35-23)42-18-28(29,30)31)33-17-20-6-10-22(11-7-20)41-15-14-37/h4-11H,2-3,12-18H2,1H3,(H,32,38)(H,33,34,35,36). The van der Waals surface area contributed by atoms with E-state index in [0.717, 1.165) is 11.1 Å². The zero-order chi connectivity index (χ0) is 30.0. The van der Waals surface area contributed by atoms with E-state index in [1.165, 1.54) is 7.11 Å². The summed E-state index contributed by atoms with van der Waals surface area (Å²) in [6.45, 7) is 0.147. The summed E-state index contributed by atoms with van der Waals surface area (Å²) in [6, 6.07) is 13.4. The molecule has 14 heteroatoms. The highest BCUT2D eigenvalue weighted by molar-refractivity contribution is 5.94. The van der Waals surface area contributed by atoms with Gasteiger partial charge in [0.05, 0.1) is 13.7 Å². The average Bonchev–Trinajstić information content (AvgIpc) is 2.97. The molecule has 4 aliphatic rings. The molecule has 5 heterocycles. The predicted molar refractivity (Wildman–Crippen MR) is 145 cm³/mol. The van der Waals surface area contributed by atoms with E-state index in [2.05, 4.69) is 25.6 Å². The van der Waals surface area contributed by atoms with E-state index in [1.54, 1.807) is 41.3 Å². The molecule has 0 spiro atoms. The van der Waals surface area contributed by atoms with E-state index in [9.17, 15) is 22.8 Å². The summed E-state index contributed by atoms with van der Waals surface area (Å²) in [5.41, 5.74) is 2.01. The molecule has 0 saturated carbocycles. The maximum absolute atomic E-state index is 12.8. The first-order chi connectivity index (χ1) is 20.2. The fourth-order valence-electron chi connectivity index (χ4n) is 4.04. The maximum atomic E-state index is 12.8. The van der Waals surface area contributed by atoms with Crippen LogP contribution in [0, 0.1) is 0 Å². The van der Waals surface area contributed by atoms with Gasteiger partial charge in [0.1, 0.15) is 18.2 Å². The molecular formula is C28H31F3N6O5. The molecule has 0 fully saturated rings. The molecule has 7 rings (SSSR count). The Morgan fingerprint density at radius 2 is 1.71 bits per heavy atom. The van der Waals surface area contributed by atoms with Crippen LogP contribution >= 0.6 is 0 Å². The Balaban J connectivity index is 1.54. The molecule has 2 N–H and O–H groups in total. The maximum Gasteiger partial charge on any atom is 0.422 e. The summed E-state index contributed by atoms with van der Waals surface area (Å²) in [4.78, 5) is 38.7.